The van der Waals surface area contributed by atoms with Gasteiger partial charge in [0.2, 0.25) is 0 Å². The normalized spacial score (nSPS) is 27.7. The summed E-state index contributed by atoms with van der Waals surface area (Å²) in [5, 5.41) is 0.753. The van der Waals surface area contributed by atoms with Gasteiger partial charge in [-0.25, -0.2) is 0 Å². The van der Waals surface area contributed by atoms with Gasteiger partial charge in [-0.3, -0.25) is 4.99 Å². The highest BCUT2D eigenvalue weighted by Crippen LogP contribution is 2.41. The highest BCUT2D eigenvalue weighted by Gasteiger charge is 2.45. The van der Waals surface area contributed by atoms with Crippen molar-refractivity contribution in [2.75, 3.05) is 11.4 Å². The topological polar surface area (TPSA) is 41.6 Å². The number of aliphatic imine (C=N–C) groups is 1. The van der Waals surface area contributed by atoms with Crippen molar-refractivity contribution in [3.63, 3.8) is 0 Å². The molecule has 1 aliphatic carbocycles. The van der Waals surface area contributed by atoms with Crippen molar-refractivity contribution in [1.82, 2.24) is 0 Å². The maximum atomic E-state index is 6.17. The highest BCUT2D eigenvalue weighted by molar-refractivity contribution is 6.30. The average Bonchev–Trinajstić information content (AvgIpc) is 2.78. The number of nitrogens with zero attached hydrogens (tertiary/aromatic N) is 2. The Bertz CT molecular complexity index is 505. The Balaban J connectivity index is 1.92. The average molecular weight is 292 g/mol. The second-order valence-corrected chi connectivity index (χ2v) is 6.61. The molecule has 1 heterocycles. The number of anilines is 1. The molecule has 2 aliphatic rings. The van der Waals surface area contributed by atoms with E-state index in [1.807, 2.05) is 24.3 Å². The molecule has 1 aliphatic heterocycles. The van der Waals surface area contributed by atoms with Crippen LogP contribution in [0, 0.1) is 5.92 Å². The fourth-order valence-corrected chi connectivity index (χ4v) is 3.82. The third-order valence-corrected chi connectivity index (χ3v) is 5.12. The Labute approximate surface area is 125 Å². The summed E-state index contributed by atoms with van der Waals surface area (Å²) in [6.45, 7) is 3.10. The molecule has 4 heteroatoms. The van der Waals surface area contributed by atoms with E-state index in [4.69, 9.17) is 17.3 Å². The number of guanidine groups is 1. The van der Waals surface area contributed by atoms with Crippen molar-refractivity contribution in [1.29, 1.82) is 0 Å². The molecule has 0 amide bonds. The molecule has 0 aromatic heterocycles. The van der Waals surface area contributed by atoms with Crippen LogP contribution in [0.15, 0.2) is 29.3 Å². The second kappa shape index (κ2) is 5.28. The zero-order valence-electron chi connectivity index (χ0n) is 12.0. The molecule has 1 unspecified atom stereocenters. The van der Waals surface area contributed by atoms with E-state index in [-0.39, 0.29) is 5.54 Å². The molecule has 0 radical (unpaired) electrons. The van der Waals surface area contributed by atoms with Crippen LogP contribution < -0.4 is 10.6 Å². The van der Waals surface area contributed by atoms with Gasteiger partial charge in [-0.2, -0.15) is 0 Å². The molecule has 1 saturated carbocycles. The maximum Gasteiger partial charge on any atom is 0.196 e. The molecule has 1 atom stereocenters. The van der Waals surface area contributed by atoms with Crippen LogP contribution in [0.25, 0.3) is 0 Å². The number of benzene rings is 1. The lowest BCUT2D eigenvalue weighted by atomic mass is 9.75. The molecule has 0 spiro atoms. The van der Waals surface area contributed by atoms with E-state index in [0.29, 0.717) is 11.9 Å². The summed E-state index contributed by atoms with van der Waals surface area (Å²) in [5.41, 5.74) is 7.28. The molecule has 2 N–H and O–H groups in total. The van der Waals surface area contributed by atoms with Crippen LogP contribution in [0.2, 0.25) is 5.02 Å². The van der Waals surface area contributed by atoms with Gasteiger partial charge in [0, 0.05) is 10.7 Å². The molecule has 1 aromatic rings. The van der Waals surface area contributed by atoms with Crippen LogP contribution in [0.3, 0.4) is 0 Å². The predicted octanol–water partition coefficient (Wildman–Crippen LogP) is 3.81. The second-order valence-electron chi connectivity index (χ2n) is 6.18. The standard InChI is InChI=1S/C16H22ClN3/c1-16(12-5-3-2-4-6-12)11-19-15(18)20(16)14-9-7-13(17)8-10-14/h7-10,12H,2-6,11H2,1H3,(H2,18,19). The lowest BCUT2D eigenvalue weighted by Gasteiger charge is -2.44. The Kier molecular flexibility index (Phi) is 3.63. The van der Waals surface area contributed by atoms with Crippen LogP contribution in [-0.2, 0) is 0 Å². The van der Waals surface area contributed by atoms with E-state index in [9.17, 15) is 0 Å². The van der Waals surface area contributed by atoms with Crippen LogP contribution >= 0.6 is 11.6 Å². The lowest BCUT2D eigenvalue weighted by Crippen LogP contribution is -2.55. The minimum Gasteiger partial charge on any atom is -0.369 e. The summed E-state index contributed by atoms with van der Waals surface area (Å²) >= 11 is 5.99. The smallest absolute Gasteiger partial charge is 0.196 e. The Morgan fingerprint density at radius 1 is 1.20 bits per heavy atom. The predicted molar refractivity (Wildman–Crippen MR) is 85.4 cm³/mol. The van der Waals surface area contributed by atoms with Crippen molar-refractivity contribution in [3.05, 3.63) is 29.3 Å². The minimum atomic E-state index is 0.0122. The van der Waals surface area contributed by atoms with Gasteiger partial charge in [0.05, 0.1) is 12.1 Å². The van der Waals surface area contributed by atoms with Gasteiger partial charge in [-0.1, -0.05) is 30.9 Å². The molecule has 1 fully saturated rings. The summed E-state index contributed by atoms with van der Waals surface area (Å²) < 4.78 is 0. The largest absolute Gasteiger partial charge is 0.369 e. The molecule has 3 rings (SSSR count). The van der Waals surface area contributed by atoms with Crippen LogP contribution in [0.4, 0.5) is 5.69 Å². The van der Waals surface area contributed by atoms with Gasteiger partial charge < -0.3 is 10.6 Å². The van der Waals surface area contributed by atoms with Crippen molar-refractivity contribution < 1.29 is 0 Å². The molecule has 1 aromatic carbocycles. The summed E-state index contributed by atoms with van der Waals surface area (Å²) in [7, 11) is 0. The summed E-state index contributed by atoms with van der Waals surface area (Å²) in [4.78, 5) is 6.75. The van der Waals surface area contributed by atoms with E-state index >= 15 is 0 Å². The Morgan fingerprint density at radius 3 is 2.50 bits per heavy atom. The van der Waals surface area contributed by atoms with Crippen molar-refractivity contribution in [3.8, 4) is 0 Å². The summed E-state index contributed by atoms with van der Waals surface area (Å²) in [6.07, 6.45) is 6.58. The molecule has 0 bridgehead atoms. The van der Waals surface area contributed by atoms with E-state index in [1.165, 1.54) is 32.1 Å². The highest BCUT2D eigenvalue weighted by atomic mass is 35.5. The number of hydrogen-bond acceptors (Lipinski definition) is 3. The van der Waals surface area contributed by atoms with Crippen LogP contribution in [-0.4, -0.2) is 18.0 Å². The Hall–Kier alpha value is -1.22. The first-order chi connectivity index (χ1) is 9.61. The lowest BCUT2D eigenvalue weighted by molar-refractivity contribution is 0.238. The molecule has 3 nitrogen and oxygen atoms in total. The maximum absolute atomic E-state index is 6.17. The first-order valence-electron chi connectivity index (χ1n) is 7.47. The fourth-order valence-electron chi connectivity index (χ4n) is 3.70. The van der Waals surface area contributed by atoms with Gasteiger partial charge in [0.25, 0.3) is 0 Å². The SMILES string of the molecule is CC1(C2CCCCC2)CN=C(N)N1c1ccc(Cl)cc1. The van der Waals surface area contributed by atoms with E-state index in [2.05, 4.69) is 16.8 Å². The zero-order valence-corrected chi connectivity index (χ0v) is 12.7. The number of rotatable bonds is 2. The van der Waals surface area contributed by atoms with Crippen LogP contribution in [0.1, 0.15) is 39.0 Å². The van der Waals surface area contributed by atoms with Gasteiger partial charge in [0.15, 0.2) is 5.96 Å². The van der Waals surface area contributed by atoms with Crippen molar-refractivity contribution in [2.45, 2.75) is 44.6 Å². The number of halogens is 1. The molecule has 0 saturated heterocycles. The quantitative estimate of drug-likeness (QED) is 0.900. The molecular weight excluding hydrogens is 270 g/mol. The van der Waals surface area contributed by atoms with Crippen molar-refractivity contribution >= 4 is 23.2 Å². The molecule has 108 valence electrons. The third-order valence-electron chi connectivity index (χ3n) is 4.87. The first-order valence-corrected chi connectivity index (χ1v) is 7.85. The molecular formula is C16H22ClN3. The van der Waals surface area contributed by atoms with E-state index < -0.39 is 0 Å². The van der Waals surface area contributed by atoms with Gasteiger partial charge in [0.1, 0.15) is 0 Å². The van der Waals surface area contributed by atoms with Gasteiger partial charge >= 0.3 is 0 Å². The summed E-state index contributed by atoms with van der Waals surface area (Å²) in [6, 6.07) is 7.92. The van der Waals surface area contributed by atoms with E-state index in [0.717, 1.165) is 17.3 Å². The van der Waals surface area contributed by atoms with Gasteiger partial charge in [-0.15, -0.1) is 0 Å². The number of hydrogen-bond donors (Lipinski definition) is 1. The van der Waals surface area contributed by atoms with Gasteiger partial charge in [-0.05, 0) is 49.9 Å². The monoisotopic (exact) mass is 291 g/mol. The van der Waals surface area contributed by atoms with Crippen molar-refractivity contribution in [2.24, 2.45) is 16.6 Å². The summed E-state index contributed by atoms with van der Waals surface area (Å²) in [5.74, 6) is 1.30. The number of nitrogens with two attached hydrogens (primary N) is 1. The fraction of sp³-hybridized carbons (Fsp3) is 0.562. The first kappa shape index (κ1) is 13.7. The zero-order chi connectivity index (χ0) is 14.2. The third kappa shape index (κ3) is 2.28. The minimum absolute atomic E-state index is 0.0122. The Morgan fingerprint density at radius 2 is 1.85 bits per heavy atom. The molecule has 20 heavy (non-hydrogen) atoms. The van der Waals surface area contributed by atoms with Crippen LogP contribution in [0.5, 0.6) is 0 Å². The van der Waals surface area contributed by atoms with E-state index in [1.54, 1.807) is 0 Å².